The molecule has 0 amide bonds. The fourth-order valence-electron chi connectivity index (χ4n) is 1.32. The fourth-order valence-corrected chi connectivity index (χ4v) is 1.32. The van der Waals surface area contributed by atoms with E-state index in [0.29, 0.717) is 30.0 Å². The van der Waals surface area contributed by atoms with E-state index in [1.54, 1.807) is 13.0 Å². The number of nitrogens with one attached hydrogen (secondary N) is 1. The van der Waals surface area contributed by atoms with Crippen molar-refractivity contribution in [1.82, 2.24) is 20.1 Å². The first-order valence-electron chi connectivity index (χ1n) is 5.65. The van der Waals surface area contributed by atoms with Gasteiger partial charge in [0, 0.05) is 6.07 Å². The molecule has 0 fully saturated rings. The fraction of sp³-hybridized carbons (Fsp3) is 0.455. The summed E-state index contributed by atoms with van der Waals surface area (Å²) in [6.07, 6.45) is 1.52. The van der Waals surface area contributed by atoms with E-state index >= 15 is 0 Å². The first-order chi connectivity index (χ1) is 8.63. The first-order valence-corrected chi connectivity index (χ1v) is 5.65. The van der Waals surface area contributed by atoms with Gasteiger partial charge in [-0.1, -0.05) is 5.16 Å². The van der Waals surface area contributed by atoms with Crippen LogP contribution in [0.2, 0.25) is 0 Å². The SMILES string of the molecule is Cc1noc(CNc2cc(OC(C)C)ncn2)n1. The maximum absolute atomic E-state index is 5.47. The third kappa shape index (κ3) is 3.41. The van der Waals surface area contributed by atoms with E-state index < -0.39 is 0 Å². The molecule has 0 radical (unpaired) electrons. The summed E-state index contributed by atoms with van der Waals surface area (Å²) in [5.41, 5.74) is 0. The van der Waals surface area contributed by atoms with Crippen molar-refractivity contribution in [3.63, 3.8) is 0 Å². The number of nitrogens with zero attached hydrogens (tertiary/aromatic N) is 4. The Labute approximate surface area is 105 Å². The Hall–Kier alpha value is -2.18. The van der Waals surface area contributed by atoms with Gasteiger partial charge in [0.2, 0.25) is 11.8 Å². The molecule has 0 aliphatic heterocycles. The number of hydrogen-bond donors (Lipinski definition) is 1. The van der Waals surface area contributed by atoms with Crippen molar-refractivity contribution in [2.24, 2.45) is 0 Å². The number of aromatic nitrogens is 4. The maximum atomic E-state index is 5.47. The molecular weight excluding hydrogens is 234 g/mol. The van der Waals surface area contributed by atoms with Gasteiger partial charge in [-0.25, -0.2) is 9.97 Å². The minimum absolute atomic E-state index is 0.0753. The van der Waals surface area contributed by atoms with Crippen molar-refractivity contribution in [3.05, 3.63) is 24.1 Å². The lowest BCUT2D eigenvalue weighted by Crippen LogP contribution is -2.08. The van der Waals surface area contributed by atoms with Crippen LogP contribution in [0.5, 0.6) is 5.88 Å². The van der Waals surface area contributed by atoms with Gasteiger partial charge in [-0.2, -0.15) is 4.98 Å². The van der Waals surface area contributed by atoms with Gasteiger partial charge >= 0.3 is 0 Å². The van der Waals surface area contributed by atoms with E-state index in [1.807, 2.05) is 13.8 Å². The minimum atomic E-state index is 0.0753. The monoisotopic (exact) mass is 249 g/mol. The summed E-state index contributed by atoms with van der Waals surface area (Å²) in [5.74, 6) is 2.30. The first kappa shape index (κ1) is 12.3. The molecule has 1 N–H and O–H groups in total. The minimum Gasteiger partial charge on any atom is -0.475 e. The van der Waals surface area contributed by atoms with Crippen LogP contribution in [-0.4, -0.2) is 26.2 Å². The van der Waals surface area contributed by atoms with Crippen LogP contribution >= 0.6 is 0 Å². The molecule has 0 saturated heterocycles. The van der Waals surface area contributed by atoms with Gasteiger partial charge < -0.3 is 14.6 Å². The van der Waals surface area contributed by atoms with Crippen molar-refractivity contribution in [1.29, 1.82) is 0 Å². The zero-order valence-corrected chi connectivity index (χ0v) is 10.5. The van der Waals surface area contributed by atoms with Crippen LogP contribution in [0.1, 0.15) is 25.6 Å². The van der Waals surface area contributed by atoms with Crippen molar-refractivity contribution in [3.8, 4) is 5.88 Å². The number of rotatable bonds is 5. The van der Waals surface area contributed by atoms with Crippen LogP contribution < -0.4 is 10.1 Å². The second-order valence-electron chi connectivity index (χ2n) is 4.00. The van der Waals surface area contributed by atoms with E-state index in [1.165, 1.54) is 6.33 Å². The zero-order valence-electron chi connectivity index (χ0n) is 10.5. The summed E-state index contributed by atoms with van der Waals surface area (Å²) >= 11 is 0. The molecule has 0 aliphatic carbocycles. The molecule has 0 atom stereocenters. The van der Waals surface area contributed by atoms with Crippen LogP contribution in [0.3, 0.4) is 0 Å². The number of ether oxygens (including phenoxy) is 1. The van der Waals surface area contributed by atoms with Gasteiger partial charge in [0.15, 0.2) is 5.82 Å². The number of anilines is 1. The normalized spacial score (nSPS) is 10.7. The lowest BCUT2D eigenvalue weighted by atomic mass is 10.4. The Morgan fingerprint density at radius 3 is 2.89 bits per heavy atom. The highest BCUT2D eigenvalue weighted by Crippen LogP contribution is 2.13. The summed E-state index contributed by atoms with van der Waals surface area (Å²) in [5, 5.41) is 6.76. The van der Waals surface area contributed by atoms with Crippen LogP contribution in [0.15, 0.2) is 16.9 Å². The second kappa shape index (κ2) is 5.44. The quantitative estimate of drug-likeness (QED) is 0.860. The standard InChI is InChI=1S/C11H15N5O2/c1-7(2)17-10-4-9(13-6-14-10)12-5-11-15-8(3)16-18-11/h4,6-7H,5H2,1-3H3,(H,12,13,14). The molecule has 2 aromatic rings. The predicted octanol–water partition coefficient (Wildman–Crippen LogP) is 1.57. The molecule has 0 bridgehead atoms. The Balaban J connectivity index is 1.96. The molecule has 0 saturated carbocycles. The van der Waals surface area contributed by atoms with Crippen molar-refractivity contribution in [2.75, 3.05) is 5.32 Å². The van der Waals surface area contributed by atoms with E-state index in [2.05, 4.69) is 25.4 Å². The maximum Gasteiger partial charge on any atom is 0.245 e. The molecule has 96 valence electrons. The smallest absolute Gasteiger partial charge is 0.245 e. The number of hydrogen-bond acceptors (Lipinski definition) is 7. The Bertz CT molecular complexity index is 512. The second-order valence-corrected chi connectivity index (χ2v) is 4.00. The highest BCUT2D eigenvalue weighted by Gasteiger charge is 2.05. The average molecular weight is 249 g/mol. The van der Waals surface area contributed by atoms with Crippen LogP contribution in [0.25, 0.3) is 0 Å². The van der Waals surface area contributed by atoms with Crippen molar-refractivity contribution < 1.29 is 9.26 Å². The summed E-state index contributed by atoms with van der Waals surface area (Å²) < 4.78 is 10.5. The molecule has 0 spiro atoms. The lowest BCUT2D eigenvalue weighted by molar-refractivity contribution is 0.232. The van der Waals surface area contributed by atoms with E-state index in [9.17, 15) is 0 Å². The largest absolute Gasteiger partial charge is 0.475 e. The molecule has 7 heteroatoms. The summed E-state index contributed by atoms with van der Waals surface area (Å²) in [4.78, 5) is 12.2. The van der Waals surface area contributed by atoms with Gasteiger partial charge in [0.1, 0.15) is 12.1 Å². The molecule has 18 heavy (non-hydrogen) atoms. The van der Waals surface area contributed by atoms with Crippen LogP contribution in [0.4, 0.5) is 5.82 Å². The highest BCUT2D eigenvalue weighted by atomic mass is 16.5. The molecule has 7 nitrogen and oxygen atoms in total. The Kier molecular flexibility index (Phi) is 3.71. The van der Waals surface area contributed by atoms with Crippen molar-refractivity contribution in [2.45, 2.75) is 33.4 Å². The van der Waals surface area contributed by atoms with Gasteiger partial charge in [-0.15, -0.1) is 0 Å². The Morgan fingerprint density at radius 2 is 2.22 bits per heavy atom. The third-order valence-corrected chi connectivity index (χ3v) is 1.99. The van der Waals surface area contributed by atoms with Crippen LogP contribution in [0, 0.1) is 6.92 Å². The van der Waals surface area contributed by atoms with Crippen LogP contribution in [-0.2, 0) is 6.54 Å². The van der Waals surface area contributed by atoms with Gasteiger partial charge in [0.25, 0.3) is 0 Å². The topological polar surface area (TPSA) is 86.0 Å². The molecule has 0 unspecified atom stereocenters. The average Bonchev–Trinajstić information content (AvgIpc) is 2.72. The molecule has 0 aromatic carbocycles. The lowest BCUT2D eigenvalue weighted by Gasteiger charge is -2.09. The van der Waals surface area contributed by atoms with E-state index in [4.69, 9.17) is 9.26 Å². The molecule has 2 aromatic heterocycles. The zero-order chi connectivity index (χ0) is 13.0. The highest BCUT2D eigenvalue weighted by molar-refractivity contribution is 5.37. The van der Waals surface area contributed by atoms with Crippen molar-refractivity contribution >= 4 is 5.82 Å². The van der Waals surface area contributed by atoms with Gasteiger partial charge in [-0.05, 0) is 20.8 Å². The number of aryl methyl sites for hydroxylation is 1. The summed E-state index contributed by atoms with van der Waals surface area (Å²) in [6, 6.07) is 1.73. The molecule has 2 heterocycles. The third-order valence-electron chi connectivity index (χ3n) is 1.99. The van der Waals surface area contributed by atoms with E-state index in [0.717, 1.165) is 0 Å². The van der Waals surface area contributed by atoms with Gasteiger partial charge in [0.05, 0.1) is 12.6 Å². The summed E-state index contributed by atoms with van der Waals surface area (Å²) in [7, 11) is 0. The molecular formula is C11H15N5O2. The predicted molar refractivity (Wildman–Crippen MR) is 64.2 cm³/mol. The molecule has 0 aliphatic rings. The molecule has 2 rings (SSSR count). The Morgan fingerprint density at radius 1 is 1.39 bits per heavy atom. The van der Waals surface area contributed by atoms with E-state index in [-0.39, 0.29) is 6.10 Å². The van der Waals surface area contributed by atoms with Gasteiger partial charge in [-0.3, -0.25) is 0 Å². The summed E-state index contributed by atoms with van der Waals surface area (Å²) in [6.45, 7) is 6.07.